The number of aliphatic hydroxyl groups excluding tert-OH is 7. The Morgan fingerprint density at radius 1 is 0.700 bits per heavy atom. The van der Waals surface area contributed by atoms with Crippen LogP contribution in [0.5, 0.6) is 5.75 Å². The number of carbonyl (C=O) groups is 7. The summed E-state index contributed by atoms with van der Waals surface area (Å²) >= 11 is 0. The van der Waals surface area contributed by atoms with Gasteiger partial charge in [0, 0.05) is 58.5 Å². The van der Waals surface area contributed by atoms with Crippen molar-refractivity contribution in [1.82, 2.24) is 47.0 Å². The average Bonchev–Trinajstić information content (AvgIpc) is 4.12. The second kappa shape index (κ2) is 33.7. The number of aliphatic hydroxyl groups is 7. The topological polar surface area (TPSA) is 424 Å². The van der Waals surface area contributed by atoms with Gasteiger partial charge in [0.2, 0.25) is 41.4 Å². The quantitative estimate of drug-likeness (QED) is 0.0397. The number of nitrogens with zero attached hydrogens (tertiary/aromatic N) is 2. The molecular weight excluding hydrogens is 1040 g/mol. The first-order valence-corrected chi connectivity index (χ1v) is 28.5. The first-order chi connectivity index (χ1) is 38.0. The van der Waals surface area contributed by atoms with Crippen LogP contribution in [0.2, 0.25) is 0 Å². The molecule has 80 heavy (non-hydrogen) atoms. The first kappa shape index (κ1) is 67.4. The monoisotopic (exact) mass is 1140 g/mol. The summed E-state index contributed by atoms with van der Waals surface area (Å²) in [6.45, 7) is 7.80. The van der Waals surface area contributed by atoms with E-state index in [0.717, 1.165) is 55.2 Å². The van der Waals surface area contributed by atoms with Crippen LogP contribution in [0.1, 0.15) is 129 Å². The molecule has 0 spiro atoms. The number of amides is 7. The Kier molecular flexibility index (Phi) is 28.4. The van der Waals surface area contributed by atoms with Gasteiger partial charge >= 0.3 is 0 Å². The lowest BCUT2D eigenvalue weighted by Gasteiger charge is -2.35. The van der Waals surface area contributed by atoms with Crippen LogP contribution < -0.4 is 48.7 Å². The molecule has 3 aliphatic rings. The molecule has 1 aromatic rings. The lowest BCUT2D eigenvalue weighted by molar-refractivity contribution is -0.148. The summed E-state index contributed by atoms with van der Waals surface area (Å²) in [4.78, 5) is 103. The standard InChI is InChI=1S/C54H93N11O15/c1-5-30(2)26-31(3)12-10-8-6-7-9-11-13-41(72)59-36-28-40(71)48(58-24-23-57-22-21-56)63-52(78)45-39(70)19-25-64(45)54(80)43(38(69)18-20-55)61-51(77)44(47(74)46(73)33-14-16-34(67)17-15-33)62-50(76)37-27-35(68)29-65(37)53(79)42(32(4)66)60-49(36)75/h14-17,30-32,35-40,42-48,57-58,66-71,73-74H,5-13,18-29,55-56H2,1-4H3,(H,59,72)(H,60,75)(H,61,77)(H,62,76)(H,63,78). The van der Waals surface area contributed by atoms with E-state index in [9.17, 15) is 74.4 Å². The molecule has 26 heteroatoms. The zero-order valence-corrected chi connectivity index (χ0v) is 46.9. The molecule has 26 nitrogen and oxygen atoms in total. The first-order valence-electron chi connectivity index (χ1n) is 28.5. The van der Waals surface area contributed by atoms with Crippen LogP contribution >= 0.6 is 0 Å². The van der Waals surface area contributed by atoms with E-state index in [-0.39, 0.29) is 63.3 Å². The number of benzene rings is 1. The summed E-state index contributed by atoms with van der Waals surface area (Å²) < 4.78 is 0. The Hall–Kier alpha value is -5.13. The van der Waals surface area contributed by atoms with Gasteiger partial charge < -0.3 is 94.0 Å². The van der Waals surface area contributed by atoms with E-state index in [1.807, 2.05) is 0 Å². The van der Waals surface area contributed by atoms with Crippen LogP contribution in [0.3, 0.4) is 0 Å². The van der Waals surface area contributed by atoms with Gasteiger partial charge in [0.25, 0.3) is 0 Å². The van der Waals surface area contributed by atoms with E-state index < -0.39 is 146 Å². The minimum atomic E-state index is -2.28. The second-order valence-electron chi connectivity index (χ2n) is 22.0. The molecule has 4 rings (SSSR count). The van der Waals surface area contributed by atoms with Crippen molar-refractivity contribution in [3.05, 3.63) is 29.8 Å². The van der Waals surface area contributed by atoms with Gasteiger partial charge in [0.15, 0.2) is 0 Å². The van der Waals surface area contributed by atoms with Crippen LogP contribution in [0.25, 0.3) is 0 Å². The lowest BCUT2D eigenvalue weighted by atomic mass is 9.91. The van der Waals surface area contributed by atoms with E-state index in [0.29, 0.717) is 31.2 Å². The molecule has 16 atom stereocenters. The van der Waals surface area contributed by atoms with E-state index >= 15 is 0 Å². The molecule has 0 aromatic heterocycles. The third kappa shape index (κ3) is 20.1. The van der Waals surface area contributed by atoms with Gasteiger partial charge in [-0.05, 0) is 68.7 Å². The number of nitrogens with one attached hydrogen (secondary N) is 7. The fourth-order valence-corrected chi connectivity index (χ4v) is 10.6. The summed E-state index contributed by atoms with van der Waals surface area (Å²) in [5.41, 5.74) is 11.4. The number of hydrogen-bond acceptors (Lipinski definition) is 19. The Morgan fingerprint density at radius 3 is 1.99 bits per heavy atom. The molecular formula is C54H93N11O15. The zero-order valence-electron chi connectivity index (χ0n) is 46.9. The number of hydrogen-bond donors (Lipinski definition) is 17. The number of aromatic hydroxyl groups is 1. The van der Waals surface area contributed by atoms with Gasteiger partial charge in [-0.25, -0.2) is 0 Å². The summed E-state index contributed by atoms with van der Waals surface area (Å²) in [5.74, 6) is -6.41. The van der Waals surface area contributed by atoms with Gasteiger partial charge in [-0.2, -0.15) is 0 Å². The minimum absolute atomic E-state index is 0.0261. The van der Waals surface area contributed by atoms with Gasteiger partial charge in [0.1, 0.15) is 60.4 Å². The van der Waals surface area contributed by atoms with Crippen molar-refractivity contribution in [2.45, 2.75) is 203 Å². The van der Waals surface area contributed by atoms with Crippen LogP contribution in [-0.4, -0.2) is 217 Å². The third-order valence-corrected chi connectivity index (χ3v) is 15.4. The fourth-order valence-electron chi connectivity index (χ4n) is 10.6. The van der Waals surface area contributed by atoms with Gasteiger partial charge in [-0.3, -0.25) is 38.9 Å². The van der Waals surface area contributed by atoms with Crippen molar-refractivity contribution in [3.63, 3.8) is 0 Å². The Labute approximate surface area is 468 Å². The van der Waals surface area contributed by atoms with E-state index in [2.05, 4.69) is 58.0 Å². The van der Waals surface area contributed by atoms with Crippen LogP contribution in [-0.2, 0) is 33.6 Å². The summed E-state index contributed by atoms with van der Waals surface area (Å²) in [7, 11) is 0. The van der Waals surface area contributed by atoms with Crippen molar-refractivity contribution < 1.29 is 74.4 Å². The molecule has 3 fully saturated rings. The van der Waals surface area contributed by atoms with Gasteiger partial charge in [0.05, 0.1) is 30.5 Å². The molecule has 0 radical (unpaired) electrons. The molecule has 3 heterocycles. The molecule has 0 bridgehead atoms. The highest BCUT2D eigenvalue weighted by atomic mass is 16.3. The van der Waals surface area contributed by atoms with Crippen LogP contribution in [0.15, 0.2) is 24.3 Å². The smallest absolute Gasteiger partial charge is 0.248 e. The largest absolute Gasteiger partial charge is 0.508 e. The van der Waals surface area contributed by atoms with E-state index in [1.54, 1.807) is 0 Å². The van der Waals surface area contributed by atoms with Crippen molar-refractivity contribution in [1.29, 1.82) is 0 Å². The number of phenolic OH excluding ortho intramolecular Hbond substituents is 1. The van der Waals surface area contributed by atoms with Crippen molar-refractivity contribution in [3.8, 4) is 5.75 Å². The van der Waals surface area contributed by atoms with Crippen LogP contribution in [0.4, 0.5) is 0 Å². The molecule has 7 amide bonds. The maximum atomic E-state index is 14.7. The fraction of sp³-hybridized carbons (Fsp3) is 0.759. The second-order valence-corrected chi connectivity index (χ2v) is 22.0. The third-order valence-electron chi connectivity index (χ3n) is 15.4. The maximum absolute atomic E-state index is 14.7. The van der Waals surface area contributed by atoms with E-state index in [1.165, 1.54) is 30.7 Å². The molecule has 16 unspecified atom stereocenters. The number of rotatable bonds is 26. The maximum Gasteiger partial charge on any atom is 0.248 e. The van der Waals surface area contributed by atoms with Crippen molar-refractivity contribution in [2.24, 2.45) is 23.3 Å². The summed E-state index contributed by atoms with van der Waals surface area (Å²) in [6, 6.07) is -6.40. The summed E-state index contributed by atoms with van der Waals surface area (Å²) in [6.07, 6.45) is -6.96. The lowest BCUT2D eigenvalue weighted by Crippen LogP contribution is -2.65. The normalized spacial score (nSPS) is 28.0. The molecule has 3 saturated heterocycles. The Bertz CT molecular complexity index is 2130. The molecule has 1 aromatic carbocycles. The highest BCUT2D eigenvalue weighted by Gasteiger charge is 2.49. The van der Waals surface area contributed by atoms with Crippen molar-refractivity contribution >= 4 is 41.4 Å². The van der Waals surface area contributed by atoms with Crippen LogP contribution in [0, 0.1) is 11.8 Å². The summed E-state index contributed by atoms with van der Waals surface area (Å²) in [5, 5.41) is 108. The van der Waals surface area contributed by atoms with Crippen molar-refractivity contribution in [2.75, 3.05) is 45.8 Å². The predicted octanol–water partition coefficient (Wildman–Crippen LogP) is -3.72. The number of nitrogens with two attached hydrogens (primary N) is 2. The molecule has 0 aliphatic carbocycles. The minimum Gasteiger partial charge on any atom is -0.508 e. The number of fused-ring (bicyclic) bond motifs is 2. The Morgan fingerprint density at radius 2 is 1.34 bits per heavy atom. The number of unbranched alkanes of at least 4 members (excludes halogenated alkanes) is 5. The number of phenols is 1. The van der Waals surface area contributed by atoms with Gasteiger partial charge in [-0.15, -0.1) is 0 Å². The highest BCUT2D eigenvalue weighted by Crippen LogP contribution is 2.27. The van der Waals surface area contributed by atoms with E-state index in [4.69, 9.17) is 11.5 Å². The van der Waals surface area contributed by atoms with Gasteiger partial charge in [-0.1, -0.05) is 77.8 Å². The average molecular weight is 1140 g/mol. The Balaban J connectivity index is 1.75. The molecule has 454 valence electrons. The number of carbonyl (C=O) groups excluding carboxylic acids is 7. The predicted molar refractivity (Wildman–Crippen MR) is 293 cm³/mol. The molecule has 19 N–H and O–H groups in total. The molecule has 0 saturated carbocycles. The molecule has 3 aliphatic heterocycles. The zero-order chi connectivity index (χ0) is 59.2. The highest BCUT2D eigenvalue weighted by molar-refractivity contribution is 5.98. The SMILES string of the molecule is CCC(C)CC(C)CCCCCCCCC(=O)NC1CC(O)C(NCCNCCN)NC(=O)C2C(O)CCN2C(=O)C(C(O)CCN)NC(=O)C(C(O)C(O)c2ccc(O)cc2)NC(=O)C2CC(O)CN2C(=O)C(C(C)O)NC1=O.